The van der Waals surface area contributed by atoms with Crippen molar-refractivity contribution in [2.24, 2.45) is 23.3 Å². The van der Waals surface area contributed by atoms with Gasteiger partial charge in [-0.2, -0.15) is 0 Å². The first-order valence-electron chi connectivity index (χ1n) is 17.7. The van der Waals surface area contributed by atoms with Crippen molar-refractivity contribution >= 4 is 47.3 Å². The summed E-state index contributed by atoms with van der Waals surface area (Å²) in [5, 5.41) is 33.6. The molecule has 55 heavy (non-hydrogen) atoms. The minimum absolute atomic E-state index is 0.00564. The molecule has 0 unspecified atom stereocenters. The Kier molecular flexibility index (Phi) is 17.7. The molecule has 0 heterocycles. The van der Waals surface area contributed by atoms with Crippen molar-refractivity contribution in [3.05, 3.63) is 65.7 Å². The predicted molar refractivity (Wildman–Crippen MR) is 199 cm³/mol. The number of hydrogen-bond acceptors (Lipinski definition) is 10. The Balaban J connectivity index is 2.21. The normalized spacial score (nSPS) is 14.3. The van der Waals surface area contributed by atoms with E-state index in [4.69, 9.17) is 11.5 Å². The van der Waals surface area contributed by atoms with Gasteiger partial charge in [0.15, 0.2) is 0 Å². The maximum Gasteiger partial charge on any atom is 0.305 e. The van der Waals surface area contributed by atoms with E-state index in [1.165, 1.54) is 19.1 Å². The minimum Gasteiger partial charge on any atom is -0.508 e. The van der Waals surface area contributed by atoms with Crippen LogP contribution in [0.1, 0.15) is 52.2 Å². The van der Waals surface area contributed by atoms with Gasteiger partial charge in [0.2, 0.25) is 41.4 Å². The standard InChI is InChI=1S/C37H52N8O10/c1-19(2)30(36(54)43-27(17-29(48)49)34(52)40-18-28(39)47)45-37(55)31(20(3)4)44-35(53)26(16-22-9-7-6-8-10-22)42-32(50)21(5)41-33(51)25(38)15-23-11-13-24(46)14-12-23/h6-14,19-21,25-27,30-31,46H,15-18,38H2,1-5H3,(H2,39,47)(H,40,52)(H,41,51)(H,42,50)(H,43,54)(H,44,53)(H,45,55)(H,48,49)/t21-,25+,26+,27+,30+,31+/m1/s1. The highest BCUT2D eigenvalue weighted by Crippen LogP contribution is 2.12. The first-order chi connectivity index (χ1) is 25.8. The third-order valence-electron chi connectivity index (χ3n) is 8.34. The lowest BCUT2D eigenvalue weighted by molar-refractivity contribution is -0.141. The molecule has 0 saturated heterocycles. The average molecular weight is 769 g/mol. The lowest BCUT2D eigenvalue weighted by Gasteiger charge is -2.29. The summed E-state index contributed by atoms with van der Waals surface area (Å²) in [7, 11) is 0. The van der Waals surface area contributed by atoms with Gasteiger partial charge in [-0.15, -0.1) is 0 Å². The molecule has 0 aliphatic heterocycles. The molecule has 18 heteroatoms. The van der Waals surface area contributed by atoms with Crippen LogP contribution in [-0.2, 0) is 51.2 Å². The maximum atomic E-state index is 13.8. The molecular weight excluding hydrogens is 716 g/mol. The molecule has 6 atom stereocenters. The van der Waals surface area contributed by atoms with Crippen molar-refractivity contribution < 1.29 is 48.6 Å². The summed E-state index contributed by atoms with van der Waals surface area (Å²) in [6.45, 7) is 7.30. The molecule has 300 valence electrons. The molecule has 12 N–H and O–H groups in total. The Bertz CT molecular complexity index is 1670. The fraction of sp³-hybridized carbons (Fsp3) is 0.459. The van der Waals surface area contributed by atoms with Gasteiger partial charge >= 0.3 is 5.97 Å². The largest absolute Gasteiger partial charge is 0.508 e. The highest BCUT2D eigenvalue weighted by Gasteiger charge is 2.35. The number of carboxylic acid groups (broad SMARTS) is 1. The molecule has 18 nitrogen and oxygen atoms in total. The van der Waals surface area contributed by atoms with Crippen LogP contribution in [0.25, 0.3) is 0 Å². The highest BCUT2D eigenvalue weighted by atomic mass is 16.4. The van der Waals surface area contributed by atoms with E-state index in [1.807, 2.05) is 0 Å². The van der Waals surface area contributed by atoms with Gasteiger partial charge in [0.1, 0.15) is 36.0 Å². The first-order valence-corrected chi connectivity index (χ1v) is 17.7. The second-order valence-electron chi connectivity index (χ2n) is 13.8. The zero-order chi connectivity index (χ0) is 41.4. The summed E-state index contributed by atoms with van der Waals surface area (Å²) in [4.78, 5) is 102. The molecular formula is C37H52N8O10. The number of benzene rings is 2. The number of carbonyl (C=O) groups excluding carboxylic acids is 7. The van der Waals surface area contributed by atoms with Crippen LogP contribution in [-0.4, -0.2) is 100 Å². The number of aromatic hydroxyl groups is 1. The van der Waals surface area contributed by atoms with E-state index in [-0.39, 0.29) is 18.6 Å². The fourth-order valence-electron chi connectivity index (χ4n) is 5.23. The Morgan fingerprint density at radius 1 is 0.600 bits per heavy atom. The van der Waals surface area contributed by atoms with Gasteiger partial charge in [0.05, 0.1) is 19.0 Å². The van der Waals surface area contributed by atoms with Crippen LogP contribution >= 0.6 is 0 Å². The van der Waals surface area contributed by atoms with E-state index < -0.39 is 108 Å². The van der Waals surface area contributed by atoms with Crippen LogP contribution in [0.4, 0.5) is 0 Å². The Hall–Kier alpha value is -6.04. The quantitative estimate of drug-likeness (QED) is 0.0685. The molecule has 0 spiro atoms. The molecule has 7 amide bonds. The number of rotatable bonds is 21. The van der Waals surface area contributed by atoms with Crippen LogP contribution < -0.4 is 43.4 Å². The molecule has 0 aromatic heterocycles. The molecule has 0 bridgehead atoms. The Morgan fingerprint density at radius 2 is 1.11 bits per heavy atom. The summed E-state index contributed by atoms with van der Waals surface area (Å²) in [6, 6.07) is 7.38. The summed E-state index contributed by atoms with van der Waals surface area (Å²) < 4.78 is 0. The average Bonchev–Trinajstić information content (AvgIpc) is 3.11. The number of carbonyl (C=O) groups is 8. The maximum absolute atomic E-state index is 13.8. The van der Waals surface area contributed by atoms with Crippen molar-refractivity contribution in [1.82, 2.24) is 31.9 Å². The Labute approximate surface area is 318 Å². The van der Waals surface area contributed by atoms with Gasteiger partial charge < -0.3 is 53.6 Å². The number of hydrogen-bond donors (Lipinski definition) is 10. The third kappa shape index (κ3) is 15.5. The van der Waals surface area contributed by atoms with Crippen molar-refractivity contribution in [2.45, 2.75) is 90.1 Å². The molecule has 2 aromatic rings. The lowest BCUT2D eigenvalue weighted by Crippen LogP contribution is -2.61. The van der Waals surface area contributed by atoms with Crippen LogP contribution in [0.15, 0.2) is 54.6 Å². The summed E-state index contributed by atoms with van der Waals surface area (Å²) in [6.07, 6.45) is -0.693. The van der Waals surface area contributed by atoms with Gasteiger partial charge in [-0.1, -0.05) is 70.2 Å². The third-order valence-corrected chi connectivity index (χ3v) is 8.34. The monoisotopic (exact) mass is 768 g/mol. The van der Waals surface area contributed by atoms with Gasteiger partial charge in [0, 0.05) is 6.42 Å². The molecule has 0 radical (unpaired) electrons. The van der Waals surface area contributed by atoms with E-state index in [9.17, 15) is 48.6 Å². The Morgan fingerprint density at radius 3 is 1.64 bits per heavy atom. The van der Waals surface area contributed by atoms with E-state index in [0.29, 0.717) is 11.1 Å². The summed E-state index contributed by atoms with van der Waals surface area (Å²) in [5.74, 6) is -8.11. The smallest absolute Gasteiger partial charge is 0.305 e. The van der Waals surface area contributed by atoms with Gasteiger partial charge in [-0.05, 0) is 48.4 Å². The van der Waals surface area contributed by atoms with Crippen LogP contribution in [0.5, 0.6) is 5.75 Å². The second kappa shape index (κ2) is 21.6. The van der Waals surface area contributed by atoms with Gasteiger partial charge in [-0.3, -0.25) is 38.4 Å². The summed E-state index contributed by atoms with van der Waals surface area (Å²) >= 11 is 0. The van der Waals surface area contributed by atoms with Crippen molar-refractivity contribution in [3.63, 3.8) is 0 Å². The molecule has 0 fully saturated rings. The zero-order valence-electron chi connectivity index (χ0n) is 31.5. The topological polar surface area (TPSA) is 301 Å². The SMILES string of the molecule is CC(C)[C@H](NC(=O)[C@H](Cc1ccccc1)NC(=O)[C@@H](C)NC(=O)[C@@H](N)Cc1ccc(O)cc1)C(=O)N[C@H](C(=O)N[C@@H](CC(=O)O)C(=O)NCC(N)=O)C(C)C. The lowest BCUT2D eigenvalue weighted by atomic mass is 9.98. The number of phenolic OH excluding ortho intramolecular Hbond substituents is 1. The second-order valence-corrected chi connectivity index (χ2v) is 13.8. The van der Waals surface area contributed by atoms with Crippen LogP contribution in [0, 0.1) is 11.8 Å². The number of carboxylic acids is 1. The van der Waals surface area contributed by atoms with Crippen molar-refractivity contribution in [3.8, 4) is 5.75 Å². The number of nitrogens with two attached hydrogens (primary N) is 2. The molecule has 0 aliphatic carbocycles. The molecule has 0 aliphatic rings. The van der Waals surface area contributed by atoms with Gasteiger partial charge in [0.25, 0.3) is 0 Å². The highest BCUT2D eigenvalue weighted by molar-refractivity contribution is 5.97. The van der Waals surface area contributed by atoms with Gasteiger partial charge in [-0.25, -0.2) is 0 Å². The zero-order valence-corrected chi connectivity index (χ0v) is 31.5. The predicted octanol–water partition coefficient (Wildman–Crippen LogP) is -1.66. The minimum atomic E-state index is -1.60. The van der Waals surface area contributed by atoms with Crippen molar-refractivity contribution in [2.75, 3.05) is 6.54 Å². The molecule has 0 saturated carbocycles. The molecule has 2 aromatic carbocycles. The number of aliphatic carboxylic acids is 1. The number of phenols is 1. The van der Waals surface area contributed by atoms with E-state index in [1.54, 1.807) is 70.2 Å². The van der Waals surface area contributed by atoms with Crippen molar-refractivity contribution in [1.29, 1.82) is 0 Å². The van der Waals surface area contributed by atoms with Crippen LogP contribution in [0.3, 0.4) is 0 Å². The van der Waals surface area contributed by atoms with E-state index in [2.05, 4.69) is 31.9 Å². The molecule has 2 rings (SSSR count). The number of primary amides is 1. The first kappa shape index (κ1) is 45.1. The van der Waals surface area contributed by atoms with E-state index >= 15 is 0 Å². The van der Waals surface area contributed by atoms with E-state index in [0.717, 1.165) is 0 Å². The summed E-state index contributed by atoms with van der Waals surface area (Å²) in [5.41, 5.74) is 12.5. The fourth-order valence-corrected chi connectivity index (χ4v) is 5.23. The number of amides is 7. The van der Waals surface area contributed by atoms with Crippen LogP contribution in [0.2, 0.25) is 0 Å². The number of nitrogens with one attached hydrogen (secondary N) is 6.